The monoisotopic (exact) mass is 345 g/mol. The van der Waals surface area contributed by atoms with Gasteiger partial charge in [0.05, 0.1) is 5.56 Å². The smallest absolute Gasteiger partial charge is 0.416 e. The fourth-order valence-electron chi connectivity index (χ4n) is 2.03. The molecule has 9 heteroatoms. The number of imidazole rings is 1. The second-order valence-corrected chi connectivity index (χ2v) is 5.84. The highest BCUT2D eigenvalue weighted by molar-refractivity contribution is 7.99. The normalized spacial score (nSPS) is 11.5. The zero-order chi connectivity index (χ0) is 17.2. The lowest BCUT2D eigenvalue weighted by Gasteiger charge is -2.08. The summed E-state index contributed by atoms with van der Waals surface area (Å²) in [6.07, 6.45) is -5.65. The Balaban J connectivity index is 2.44. The molecule has 0 spiro atoms. The Morgan fingerprint density at radius 3 is 2.43 bits per heavy atom. The highest BCUT2D eigenvalue weighted by Crippen LogP contribution is 2.34. The first-order chi connectivity index (χ1) is 10.7. The molecule has 2 rings (SSSR count). The summed E-state index contributed by atoms with van der Waals surface area (Å²) in [6, 6.07) is 4.58. The van der Waals surface area contributed by atoms with Crippen molar-refractivity contribution in [3.8, 4) is 11.4 Å². The Kier molecular flexibility index (Phi) is 4.88. The van der Waals surface area contributed by atoms with Crippen LogP contribution in [-0.2, 0) is 13.2 Å². The molecule has 1 aromatic heterocycles. The van der Waals surface area contributed by atoms with Gasteiger partial charge in [-0.25, -0.2) is 9.78 Å². The minimum absolute atomic E-state index is 0.168. The summed E-state index contributed by atoms with van der Waals surface area (Å²) in [5.74, 6) is 1.25. The van der Waals surface area contributed by atoms with Crippen molar-refractivity contribution in [2.75, 3.05) is 11.1 Å². The van der Waals surface area contributed by atoms with Gasteiger partial charge < -0.3 is 9.67 Å². The highest BCUT2D eigenvalue weighted by Gasteiger charge is 2.30. The van der Waals surface area contributed by atoms with E-state index in [9.17, 15) is 18.0 Å². The van der Waals surface area contributed by atoms with Crippen molar-refractivity contribution in [1.29, 1.82) is 0 Å². The number of amides is 1. The van der Waals surface area contributed by atoms with Crippen LogP contribution in [0.5, 0.6) is 0 Å². The molecule has 1 aromatic carbocycles. The van der Waals surface area contributed by atoms with E-state index in [2.05, 4.69) is 10.3 Å². The Hall–Kier alpha value is -2.16. The molecule has 2 N–H and O–H groups in total. The standard InChI is InChI=1S/C14H14F3N3O2S/c1-3-23-12-10(19-13(21)22)18-11(20(12)2)8-4-6-9(7-5-8)14(15,16)17/h4-7,19H,3H2,1-2H3,(H,21,22). The summed E-state index contributed by atoms with van der Waals surface area (Å²) in [5, 5.41) is 11.7. The Morgan fingerprint density at radius 1 is 1.35 bits per heavy atom. The van der Waals surface area contributed by atoms with Gasteiger partial charge in [0, 0.05) is 12.6 Å². The first-order valence-electron chi connectivity index (χ1n) is 6.61. The van der Waals surface area contributed by atoms with Gasteiger partial charge in [0.2, 0.25) is 0 Å². The van der Waals surface area contributed by atoms with Crippen molar-refractivity contribution in [3.63, 3.8) is 0 Å². The van der Waals surface area contributed by atoms with Crippen LogP contribution in [0.1, 0.15) is 12.5 Å². The topological polar surface area (TPSA) is 67.2 Å². The number of hydrogen-bond acceptors (Lipinski definition) is 3. The van der Waals surface area contributed by atoms with Gasteiger partial charge in [-0.05, 0) is 17.9 Å². The number of benzene rings is 1. The first-order valence-corrected chi connectivity index (χ1v) is 7.59. The maximum absolute atomic E-state index is 12.6. The van der Waals surface area contributed by atoms with Crippen LogP contribution in [0, 0.1) is 0 Å². The fourth-order valence-corrected chi connectivity index (χ4v) is 2.82. The Morgan fingerprint density at radius 2 is 1.96 bits per heavy atom. The van der Waals surface area contributed by atoms with E-state index >= 15 is 0 Å². The van der Waals surface area contributed by atoms with Crippen LogP contribution in [0.15, 0.2) is 29.3 Å². The first kappa shape index (κ1) is 17.2. The summed E-state index contributed by atoms with van der Waals surface area (Å²) in [4.78, 5) is 15.0. The van der Waals surface area contributed by atoms with Crippen LogP contribution in [0.4, 0.5) is 23.8 Å². The molecule has 0 aliphatic heterocycles. The second kappa shape index (κ2) is 6.53. The summed E-state index contributed by atoms with van der Waals surface area (Å²) in [6.45, 7) is 1.90. The molecule has 124 valence electrons. The van der Waals surface area contributed by atoms with Gasteiger partial charge >= 0.3 is 12.3 Å². The minimum Gasteiger partial charge on any atom is -0.465 e. The van der Waals surface area contributed by atoms with Gasteiger partial charge in [0.25, 0.3) is 0 Å². The molecule has 5 nitrogen and oxygen atoms in total. The molecule has 0 aliphatic rings. The lowest BCUT2D eigenvalue weighted by molar-refractivity contribution is -0.137. The van der Waals surface area contributed by atoms with Gasteiger partial charge in [-0.3, -0.25) is 5.32 Å². The zero-order valence-electron chi connectivity index (χ0n) is 12.3. The molecular weight excluding hydrogens is 331 g/mol. The molecule has 0 unspecified atom stereocenters. The quantitative estimate of drug-likeness (QED) is 0.811. The third-order valence-corrected chi connectivity index (χ3v) is 4.05. The molecule has 0 atom stereocenters. The number of carboxylic acid groups (broad SMARTS) is 1. The van der Waals surface area contributed by atoms with Crippen molar-refractivity contribution in [1.82, 2.24) is 9.55 Å². The number of thioether (sulfide) groups is 1. The van der Waals surface area contributed by atoms with E-state index in [0.29, 0.717) is 22.2 Å². The predicted molar refractivity (Wildman–Crippen MR) is 81.7 cm³/mol. The van der Waals surface area contributed by atoms with Gasteiger partial charge in [-0.1, -0.05) is 19.1 Å². The third kappa shape index (κ3) is 3.79. The fraction of sp³-hybridized carbons (Fsp3) is 0.286. The van der Waals surface area contributed by atoms with Gasteiger partial charge in [0.15, 0.2) is 5.82 Å². The van der Waals surface area contributed by atoms with Gasteiger partial charge in [0.1, 0.15) is 10.9 Å². The third-order valence-electron chi connectivity index (χ3n) is 3.02. The summed E-state index contributed by atoms with van der Waals surface area (Å²) in [7, 11) is 1.69. The molecule has 0 radical (unpaired) electrons. The molecule has 1 heterocycles. The molecule has 0 aliphatic carbocycles. The Labute approximate surface area is 134 Å². The molecule has 1 amide bonds. The highest BCUT2D eigenvalue weighted by atomic mass is 32.2. The SMILES string of the molecule is CCSc1c(NC(=O)O)nc(-c2ccc(C(F)(F)F)cc2)n1C. The number of aromatic nitrogens is 2. The lowest BCUT2D eigenvalue weighted by Crippen LogP contribution is -2.08. The molecule has 23 heavy (non-hydrogen) atoms. The molecule has 0 bridgehead atoms. The molecule has 0 saturated heterocycles. The van der Waals surface area contributed by atoms with Crippen LogP contribution in [0.2, 0.25) is 0 Å². The van der Waals surface area contributed by atoms with Crippen molar-refractivity contribution in [3.05, 3.63) is 29.8 Å². The Bertz CT molecular complexity index is 711. The molecular formula is C14H14F3N3O2S. The van der Waals surface area contributed by atoms with Crippen molar-refractivity contribution >= 4 is 23.7 Å². The molecule has 0 fully saturated rings. The maximum Gasteiger partial charge on any atom is 0.416 e. The largest absolute Gasteiger partial charge is 0.465 e. The van der Waals surface area contributed by atoms with E-state index in [1.54, 1.807) is 11.6 Å². The average molecular weight is 345 g/mol. The average Bonchev–Trinajstić information content (AvgIpc) is 2.75. The number of hydrogen-bond donors (Lipinski definition) is 2. The number of alkyl halides is 3. The number of nitrogens with one attached hydrogen (secondary N) is 1. The van der Waals surface area contributed by atoms with Crippen molar-refractivity contribution in [2.24, 2.45) is 7.05 Å². The zero-order valence-corrected chi connectivity index (χ0v) is 13.1. The minimum atomic E-state index is -4.40. The predicted octanol–water partition coefficient (Wildman–Crippen LogP) is 4.31. The van der Waals surface area contributed by atoms with E-state index in [4.69, 9.17) is 5.11 Å². The number of anilines is 1. The molecule has 0 saturated carbocycles. The van der Waals surface area contributed by atoms with Gasteiger partial charge in [-0.2, -0.15) is 13.2 Å². The van der Waals surface area contributed by atoms with E-state index in [1.807, 2.05) is 6.92 Å². The number of halogens is 3. The lowest BCUT2D eigenvalue weighted by atomic mass is 10.1. The van der Waals surface area contributed by atoms with Crippen LogP contribution >= 0.6 is 11.8 Å². The summed E-state index contributed by atoms with van der Waals surface area (Å²) in [5.41, 5.74) is -0.278. The van der Waals surface area contributed by atoms with Crippen molar-refractivity contribution < 1.29 is 23.1 Å². The van der Waals surface area contributed by atoms with Crippen LogP contribution < -0.4 is 5.32 Å². The van der Waals surface area contributed by atoms with Crippen molar-refractivity contribution in [2.45, 2.75) is 18.1 Å². The maximum atomic E-state index is 12.6. The van der Waals surface area contributed by atoms with E-state index in [1.165, 1.54) is 23.9 Å². The molecule has 2 aromatic rings. The van der Waals surface area contributed by atoms with E-state index in [-0.39, 0.29) is 5.82 Å². The summed E-state index contributed by atoms with van der Waals surface area (Å²) < 4.78 is 39.5. The van der Waals surface area contributed by atoms with Gasteiger partial charge in [-0.15, -0.1) is 11.8 Å². The van der Waals surface area contributed by atoms with Crippen LogP contribution in [-0.4, -0.2) is 26.5 Å². The second-order valence-electron chi connectivity index (χ2n) is 4.59. The van der Waals surface area contributed by atoms with Crippen LogP contribution in [0.3, 0.4) is 0 Å². The van der Waals surface area contributed by atoms with E-state index < -0.39 is 17.8 Å². The van der Waals surface area contributed by atoms with E-state index in [0.717, 1.165) is 12.1 Å². The number of nitrogens with zero attached hydrogens (tertiary/aromatic N) is 2. The number of rotatable bonds is 4. The number of carbonyl (C=O) groups is 1. The summed E-state index contributed by atoms with van der Waals surface area (Å²) >= 11 is 1.39. The van der Waals surface area contributed by atoms with Crippen LogP contribution in [0.25, 0.3) is 11.4 Å².